The Kier molecular flexibility index (Phi) is 4.07. The molecule has 2 aromatic rings. The quantitative estimate of drug-likeness (QED) is 0.733. The van der Waals surface area contributed by atoms with Gasteiger partial charge >= 0.3 is 0 Å². The summed E-state index contributed by atoms with van der Waals surface area (Å²) < 4.78 is 0.959. The van der Waals surface area contributed by atoms with Crippen LogP contribution in [0.2, 0.25) is 10.0 Å². The van der Waals surface area contributed by atoms with Gasteiger partial charge in [-0.15, -0.1) is 11.3 Å². The molecule has 1 heterocycles. The molecule has 2 nitrogen and oxygen atoms in total. The van der Waals surface area contributed by atoms with Crippen molar-refractivity contribution >= 4 is 50.5 Å². The number of rotatable bonds is 3. The highest BCUT2D eigenvalue weighted by atomic mass is 35.5. The van der Waals surface area contributed by atoms with E-state index in [1.165, 1.54) is 37.0 Å². The Balaban J connectivity index is 1.54. The average Bonchev–Trinajstić information content (AvgIpc) is 3.21. The second kappa shape index (κ2) is 5.94. The van der Waals surface area contributed by atoms with E-state index < -0.39 is 0 Å². The molecule has 0 spiro atoms. The Morgan fingerprint density at radius 2 is 2.13 bits per heavy atom. The Labute approximate surface area is 150 Å². The van der Waals surface area contributed by atoms with Gasteiger partial charge in [-0.2, -0.15) is 0 Å². The molecule has 1 aromatic heterocycles. The minimum Gasteiger partial charge on any atom is -0.349 e. The number of benzene rings is 1. The molecule has 0 aliphatic heterocycles. The number of nitrogens with one attached hydrogen (secondary N) is 1. The molecule has 1 N–H and O–H groups in total. The molecule has 4 atom stereocenters. The molecular weight excluding hydrogens is 349 g/mol. The van der Waals surface area contributed by atoms with E-state index in [0.29, 0.717) is 20.8 Å². The third-order valence-corrected chi connectivity index (χ3v) is 7.48. The molecule has 5 heteroatoms. The fourth-order valence-corrected chi connectivity index (χ4v) is 6.17. The van der Waals surface area contributed by atoms with Gasteiger partial charge in [0.1, 0.15) is 4.88 Å². The summed E-state index contributed by atoms with van der Waals surface area (Å²) in [7, 11) is 0. The van der Waals surface area contributed by atoms with E-state index in [0.717, 1.165) is 21.9 Å². The van der Waals surface area contributed by atoms with Crippen LogP contribution in [0.5, 0.6) is 0 Å². The van der Waals surface area contributed by atoms with E-state index in [9.17, 15) is 4.79 Å². The zero-order valence-electron chi connectivity index (χ0n) is 12.9. The highest BCUT2D eigenvalue weighted by Crippen LogP contribution is 2.49. The smallest absolute Gasteiger partial charge is 0.263 e. The fraction of sp³-hybridized carbons (Fsp3) is 0.500. The molecule has 122 valence electrons. The molecule has 2 fully saturated rings. The van der Waals surface area contributed by atoms with Crippen molar-refractivity contribution in [2.24, 2.45) is 17.8 Å². The van der Waals surface area contributed by atoms with Crippen molar-refractivity contribution in [3.8, 4) is 0 Å². The zero-order valence-corrected chi connectivity index (χ0v) is 15.3. The lowest BCUT2D eigenvalue weighted by Gasteiger charge is -2.28. The van der Waals surface area contributed by atoms with Crippen LogP contribution in [-0.2, 0) is 0 Å². The number of halogens is 2. The van der Waals surface area contributed by atoms with Crippen LogP contribution in [-0.4, -0.2) is 11.9 Å². The van der Waals surface area contributed by atoms with Crippen LogP contribution in [0.15, 0.2) is 18.2 Å². The number of hydrogen-bond donors (Lipinski definition) is 1. The van der Waals surface area contributed by atoms with Gasteiger partial charge in [-0.3, -0.25) is 4.79 Å². The van der Waals surface area contributed by atoms with Gasteiger partial charge in [0.25, 0.3) is 5.91 Å². The molecule has 1 aromatic carbocycles. The maximum absolute atomic E-state index is 12.7. The summed E-state index contributed by atoms with van der Waals surface area (Å²) in [6.45, 7) is 2.14. The lowest BCUT2D eigenvalue weighted by atomic mass is 9.84. The molecule has 2 aliphatic rings. The van der Waals surface area contributed by atoms with Crippen LogP contribution < -0.4 is 5.32 Å². The standard InChI is InChI=1S/C18H19Cl2NOS/c1-9(14-7-10-2-3-11(14)6-10)21-18(22)17-16(20)13-5-4-12(19)8-15(13)23-17/h4-5,8-11,14H,2-3,6-7H2,1H3,(H,21,22)/t9-,10-,11-,14+/m0/s1. The summed E-state index contributed by atoms with van der Waals surface area (Å²) >= 11 is 13.9. The Morgan fingerprint density at radius 3 is 2.83 bits per heavy atom. The molecule has 0 radical (unpaired) electrons. The minimum absolute atomic E-state index is 0.0532. The van der Waals surface area contributed by atoms with E-state index in [1.807, 2.05) is 18.2 Å². The number of hydrogen-bond acceptors (Lipinski definition) is 2. The van der Waals surface area contributed by atoms with Crippen LogP contribution in [0.25, 0.3) is 10.1 Å². The van der Waals surface area contributed by atoms with Gasteiger partial charge in [-0.25, -0.2) is 0 Å². The highest BCUT2D eigenvalue weighted by Gasteiger charge is 2.42. The topological polar surface area (TPSA) is 29.1 Å². The van der Waals surface area contributed by atoms with Gasteiger partial charge in [0.05, 0.1) is 5.02 Å². The lowest BCUT2D eigenvalue weighted by Crippen LogP contribution is -2.39. The van der Waals surface area contributed by atoms with Crippen molar-refractivity contribution in [1.82, 2.24) is 5.32 Å². The fourth-order valence-electron chi connectivity index (χ4n) is 4.47. The molecule has 4 rings (SSSR count). The van der Waals surface area contributed by atoms with Gasteiger partial charge in [0.2, 0.25) is 0 Å². The van der Waals surface area contributed by atoms with Crippen LogP contribution >= 0.6 is 34.5 Å². The van der Waals surface area contributed by atoms with Crippen molar-refractivity contribution in [2.75, 3.05) is 0 Å². The van der Waals surface area contributed by atoms with Crippen LogP contribution in [0.1, 0.15) is 42.3 Å². The van der Waals surface area contributed by atoms with E-state index in [4.69, 9.17) is 23.2 Å². The van der Waals surface area contributed by atoms with Crippen LogP contribution in [0, 0.1) is 17.8 Å². The Hall–Kier alpha value is -0.770. The van der Waals surface area contributed by atoms with E-state index in [-0.39, 0.29) is 11.9 Å². The van der Waals surface area contributed by atoms with Gasteiger partial charge in [-0.05, 0) is 56.1 Å². The lowest BCUT2D eigenvalue weighted by molar-refractivity contribution is 0.0919. The molecular formula is C18H19Cl2NOS. The molecule has 1 amide bonds. The highest BCUT2D eigenvalue weighted by molar-refractivity contribution is 7.21. The number of fused-ring (bicyclic) bond motifs is 3. The van der Waals surface area contributed by atoms with Gasteiger partial charge in [-0.1, -0.05) is 35.7 Å². The van der Waals surface area contributed by atoms with Crippen molar-refractivity contribution in [3.05, 3.63) is 33.1 Å². The van der Waals surface area contributed by atoms with E-state index in [2.05, 4.69) is 12.2 Å². The second-order valence-electron chi connectivity index (χ2n) is 6.99. The van der Waals surface area contributed by atoms with Crippen molar-refractivity contribution < 1.29 is 4.79 Å². The molecule has 2 bridgehead atoms. The van der Waals surface area contributed by atoms with Crippen molar-refractivity contribution in [2.45, 2.75) is 38.6 Å². The van der Waals surface area contributed by atoms with Crippen molar-refractivity contribution in [3.63, 3.8) is 0 Å². The number of carbonyl (C=O) groups excluding carboxylic acids is 1. The zero-order chi connectivity index (χ0) is 16.1. The summed E-state index contributed by atoms with van der Waals surface area (Å²) in [5, 5.41) is 5.30. The normalized spacial score (nSPS) is 27.5. The Morgan fingerprint density at radius 1 is 1.30 bits per heavy atom. The second-order valence-corrected chi connectivity index (χ2v) is 8.85. The van der Waals surface area contributed by atoms with Crippen molar-refractivity contribution in [1.29, 1.82) is 0 Å². The maximum Gasteiger partial charge on any atom is 0.263 e. The first-order valence-corrected chi connectivity index (χ1v) is 9.78. The predicted octanol–water partition coefficient (Wildman–Crippen LogP) is 5.76. The number of carbonyl (C=O) groups is 1. The Bertz CT molecular complexity index is 772. The summed E-state index contributed by atoms with van der Waals surface area (Å²) in [6, 6.07) is 5.76. The van der Waals surface area contributed by atoms with Crippen LogP contribution in [0.4, 0.5) is 0 Å². The van der Waals surface area contributed by atoms with E-state index in [1.54, 1.807) is 0 Å². The predicted molar refractivity (Wildman–Crippen MR) is 97.7 cm³/mol. The summed E-state index contributed by atoms with van der Waals surface area (Å²) in [5.74, 6) is 2.26. The molecule has 0 saturated heterocycles. The van der Waals surface area contributed by atoms with Gasteiger partial charge in [0, 0.05) is 21.2 Å². The number of thiophene rings is 1. The first kappa shape index (κ1) is 15.7. The SMILES string of the molecule is C[C@H](NC(=O)c1sc2cc(Cl)ccc2c1Cl)[C@H]1C[C@H]2CC[C@H]1C2. The molecule has 0 unspecified atom stereocenters. The summed E-state index contributed by atoms with van der Waals surface area (Å²) in [6.07, 6.45) is 5.33. The third kappa shape index (κ3) is 2.77. The summed E-state index contributed by atoms with van der Waals surface area (Å²) in [4.78, 5) is 13.3. The largest absolute Gasteiger partial charge is 0.349 e. The van der Waals surface area contributed by atoms with E-state index >= 15 is 0 Å². The molecule has 2 saturated carbocycles. The average molecular weight is 368 g/mol. The van der Waals surface area contributed by atoms with Gasteiger partial charge < -0.3 is 5.32 Å². The summed E-state index contributed by atoms with van der Waals surface area (Å²) in [5.41, 5.74) is 0. The first-order valence-electron chi connectivity index (χ1n) is 8.21. The minimum atomic E-state index is -0.0532. The third-order valence-electron chi connectivity index (χ3n) is 5.59. The monoisotopic (exact) mass is 367 g/mol. The van der Waals surface area contributed by atoms with Gasteiger partial charge in [0.15, 0.2) is 0 Å². The van der Waals surface area contributed by atoms with Crippen LogP contribution in [0.3, 0.4) is 0 Å². The molecule has 23 heavy (non-hydrogen) atoms. The molecule has 2 aliphatic carbocycles. The number of amides is 1. The maximum atomic E-state index is 12.7. The first-order chi connectivity index (χ1) is 11.0.